The largest absolute Gasteiger partial charge is 0.510 e. The summed E-state index contributed by atoms with van der Waals surface area (Å²) in [6, 6.07) is 20.1. The summed E-state index contributed by atoms with van der Waals surface area (Å²) in [7, 11) is 0. The van der Waals surface area contributed by atoms with Crippen LogP contribution >= 0.6 is 0 Å². The molecule has 0 radical (unpaired) electrons. The highest BCUT2D eigenvalue weighted by molar-refractivity contribution is 6.03. The van der Waals surface area contributed by atoms with Gasteiger partial charge in [0.2, 0.25) is 0 Å². The molecule has 0 aliphatic heterocycles. The number of imidazole rings is 1. The van der Waals surface area contributed by atoms with Crippen molar-refractivity contribution in [1.29, 1.82) is 0 Å². The van der Waals surface area contributed by atoms with Gasteiger partial charge in [-0.25, -0.2) is 15.4 Å². The van der Waals surface area contributed by atoms with E-state index in [1.165, 1.54) is 6.07 Å². The molecule has 4 rings (SSSR count). The number of carboxylic acids is 1. The molecule has 0 saturated heterocycles. The summed E-state index contributed by atoms with van der Waals surface area (Å²) in [5, 5.41) is 23.8. The second-order valence-corrected chi connectivity index (χ2v) is 9.34. The van der Waals surface area contributed by atoms with Crippen molar-refractivity contribution in [3.63, 3.8) is 0 Å². The first-order valence-corrected chi connectivity index (χ1v) is 13.6. The molecule has 0 aliphatic rings. The SMILES string of the molecule is CCOc1nc2cccc(C(=O)O)c2n1Cc1ccc(-c2ccccc2/C(N)=N/N(N)COC(=O)OCCCO[N+](=O)[O-])cc1. The Hall–Kier alpha value is -5.90. The monoisotopic (exact) mass is 621 g/mol. The Kier molecular flexibility index (Phi) is 10.7. The summed E-state index contributed by atoms with van der Waals surface area (Å²) < 4.78 is 17.1. The molecule has 16 nitrogen and oxygen atoms in total. The number of hydrogen-bond donors (Lipinski definition) is 3. The van der Waals surface area contributed by atoms with Gasteiger partial charge < -0.3 is 29.9 Å². The number of hydrazone groups is 1. The number of hydrazine groups is 1. The van der Waals surface area contributed by atoms with Crippen LogP contribution in [0.15, 0.2) is 71.8 Å². The summed E-state index contributed by atoms with van der Waals surface area (Å²) in [6.07, 6.45) is -0.941. The first-order valence-electron chi connectivity index (χ1n) is 13.6. The molecule has 45 heavy (non-hydrogen) atoms. The van der Waals surface area contributed by atoms with E-state index in [2.05, 4.69) is 14.9 Å². The van der Waals surface area contributed by atoms with Gasteiger partial charge in [0.25, 0.3) is 11.1 Å². The number of nitrogens with two attached hydrogens (primary N) is 2. The third-order valence-corrected chi connectivity index (χ3v) is 6.30. The third kappa shape index (κ3) is 8.35. The van der Waals surface area contributed by atoms with Gasteiger partial charge in [0.15, 0.2) is 12.6 Å². The average Bonchev–Trinajstić information content (AvgIpc) is 3.36. The highest BCUT2D eigenvalue weighted by atomic mass is 16.9. The highest BCUT2D eigenvalue weighted by Crippen LogP contribution is 2.28. The van der Waals surface area contributed by atoms with Gasteiger partial charge in [0.1, 0.15) is 0 Å². The van der Waals surface area contributed by atoms with Crippen molar-refractivity contribution in [2.45, 2.75) is 19.9 Å². The zero-order valence-corrected chi connectivity index (χ0v) is 24.2. The molecule has 4 aromatic rings. The van der Waals surface area contributed by atoms with Crippen LogP contribution in [0.3, 0.4) is 0 Å². The molecule has 0 atom stereocenters. The molecule has 236 valence electrons. The number of para-hydroxylation sites is 1. The Bertz CT molecular complexity index is 1690. The number of aromatic carboxylic acids is 1. The number of carbonyl (C=O) groups excluding carboxylic acids is 1. The maximum absolute atomic E-state index is 11.9. The van der Waals surface area contributed by atoms with E-state index in [0.29, 0.717) is 35.8 Å². The van der Waals surface area contributed by atoms with Crippen molar-refractivity contribution in [3.05, 3.63) is 93.5 Å². The average molecular weight is 622 g/mol. The predicted octanol–water partition coefficient (Wildman–Crippen LogP) is 3.35. The van der Waals surface area contributed by atoms with Crippen LogP contribution in [0.1, 0.15) is 34.8 Å². The van der Waals surface area contributed by atoms with Gasteiger partial charge in [-0.1, -0.05) is 54.6 Å². The first-order chi connectivity index (χ1) is 21.7. The van der Waals surface area contributed by atoms with E-state index in [4.69, 9.17) is 25.8 Å². The number of hydrogen-bond acceptors (Lipinski definition) is 12. The fourth-order valence-corrected chi connectivity index (χ4v) is 4.39. The van der Waals surface area contributed by atoms with Gasteiger partial charge in [-0.15, -0.1) is 15.2 Å². The molecule has 1 aromatic heterocycles. The van der Waals surface area contributed by atoms with Crippen LogP contribution in [0.2, 0.25) is 0 Å². The molecular formula is C29H31N7O9. The van der Waals surface area contributed by atoms with Crippen LogP contribution < -0.4 is 16.3 Å². The van der Waals surface area contributed by atoms with E-state index in [1.54, 1.807) is 28.8 Å². The lowest BCUT2D eigenvalue weighted by Gasteiger charge is -2.15. The number of carboxylic acid groups (broad SMARTS) is 1. The summed E-state index contributed by atoms with van der Waals surface area (Å²) in [5.41, 5.74) is 10.4. The minimum Gasteiger partial charge on any atom is -0.478 e. The van der Waals surface area contributed by atoms with Gasteiger partial charge in [0.05, 0.1) is 43.0 Å². The molecule has 0 unspecified atom stereocenters. The van der Waals surface area contributed by atoms with Crippen molar-refractivity contribution < 1.29 is 38.8 Å². The molecule has 5 N–H and O–H groups in total. The molecule has 0 bridgehead atoms. The predicted molar refractivity (Wildman–Crippen MR) is 160 cm³/mol. The number of benzene rings is 3. The lowest BCUT2D eigenvalue weighted by Crippen LogP contribution is -2.33. The van der Waals surface area contributed by atoms with Crippen LogP contribution in [0.4, 0.5) is 4.79 Å². The van der Waals surface area contributed by atoms with Crippen LogP contribution in [0.25, 0.3) is 22.2 Å². The van der Waals surface area contributed by atoms with E-state index in [1.807, 2.05) is 43.3 Å². The number of amidine groups is 1. The van der Waals surface area contributed by atoms with Crippen LogP contribution in [-0.2, 0) is 20.9 Å². The minimum absolute atomic E-state index is 0.0542. The third-order valence-electron chi connectivity index (χ3n) is 6.30. The van der Waals surface area contributed by atoms with Gasteiger partial charge >= 0.3 is 12.1 Å². The Morgan fingerprint density at radius 1 is 1.04 bits per heavy atom. The second-order valence-electron chi connectivity index (χ2n) is 9.34. The Labute approximate surface area is 256 Å². The number of rotatable bonds is 15. The maximum Gasteiger partial charge on any atom is 0.510 e. The zero-order chi connectivity index (χ0) is 32.3. The van der Waals surface area contributed by atoms with Gasteiger partial charge in [-0.2, -0.15) is 10.1 Å². The van der Waals surface area contributed by atoms with Gasteiger partial charge in [0, 0.05) is 12.0 Å². The van der Waals surface area contributed by atoms with Crippen molar-refractivity contribution in [3.8, 4) is 17.1 Å². The smallest absolute Gasteiger partial charge is 0.478 e. The molecule has 3 aromatic carbocycles. The maximum atomic E-state index is 11.9. The normalized spacial score (nSPS) is 11.2. The minimum atomic E-state index is -1.06. The van der Waals surface area contributed by atoms with Crippen molar-refractivity contribution in [2.24, 2.45) is 16.7 Å². The van der Waals surface area contributed by atoms with Gasteiger partial charge in [-0.3, -0.25) is 4.57 Å². The van der Waals surface area contributed by atoms with Crippen molar-refractivity contribution in [1.82, 2.24) is 14.7 Å². The second kappa shape index (κ2) is 15.0. The number of fused-ring (bicyclic) bond motifs is 1. The molecule has 0 saturated carbocycles. The molecule has 0 fully saturated rings. The molecule has 0 amide bonds. The first kappa shape index (κ1) is 32.0. The molecule has 0 aliphatic carbocycles. The standard InChI is InChI=1S/C29H31N7O9/c1-2-42-28-32-24-10-5-9-23(27(37)38)25(24)34(28)17-19-11-13-20(14-12-19)21-7-3-4-8-22(21)26(30)33-35(31)18-44-29(39)43-15-6-16-45-36(40)41/h3-5,7-14H,2,6,15-18,31H2,1H3,(H2,30,33)(H,37,38). The Balaban J connectivity index is 1.46. The lowest BCUT2D eigenvalue weighted by molar-refractivity contribution is -0.757. The number of nitrogens with zero attached hydrogens (tertiary/aromatic N) is 5. The highest BCUT2D eigenvalue weighted by Gasteiger charge is 2.19. The van der Waals surface area contributed by atoms with E-state index >= 15 is 0 Å². The van der Waals surface area contributed by atoms with Crippen LogP contribution in [-0.4, -0.2) is 69.4 Å². The summed E-state index contributed by atoms with van der Waals surface area (Å²) in [6.45, 7) is 1.67. The zero-order valence-electron chi connectivity index (χ0n) is 24.2. The number of aromatic nitrogens is 2. The summed E-state index contributed by atoms with van der Waals surface area (Å²) >= 11 is 0. The summed E-state index contributed by atoms with van der Waals surface area (Å²) in [4.78, 5) is 42.3. The fraction of sp³-hybridized carbons (Fsp3) is 0.241. The number of carbonyl (C=O) groups is 2. The Morgan fingerprint density at radius 2 is 1.78 bits per heavy atom. The Morgan fingerprint density at radius 3 is 2.49 bits per heavy atom. The quantitative estimate of drug-likeness (QED) is 0.0254. The molecular weight excluding hydrogens is 590 g/mol. The van der Waals surface area contributed by atoms with Crippen LogP contribution in [0, 0.1) is 10.1 Å². The molecule has 1 heterocycles. The van der Waals surface area contributed by atoms with E-state index in [0.717, 1.165) is 21.8 Å². The van der Waals surface area contributed by atoms with Crippen molar-refractivity contribution >= 4 is 29.0 Å². The van der Waals surface area contributed by atoms with Crippen LogP contribution in [0.5, 0.6) is 6.01 Å². The van der Waals surface area contributed by atoms with Gasteiger partial charge in [-0.05, 0) is 35.7 Å². The van der Waals surface area contributed by atoms with E-state index in [-0.39, 0.29) is 31.0 Å². The lowest BCUT2D eigenvalue weighted by atomic mass is 9.98. The molecule has 0 spiro atoms. The summed E-state index contributed by atoms with van der Waals surface area (Å²) in [5.74, 6) is 4.82. The van der Waals surface area contributed by atoms with E-state index < -0.39 is 23.9 Å². The van der Waals surface area contributed by atoms with Crippen molar-refractivity contribution in [2.75, 3.05) is 26.6 Å². The fourth-order valence-electron chi connectivity index (χ4n) is 4.39. The van der Waals surface area contributed by atoms with E-state index in [9.17, 15) is 24.8 Å². The topological polar surface area (TPSA) is 220 Å². The number of ether oxygens (including phenoxy) is 3. The molecule has 16 heteroatoms.